The molecular weight excluding hydrogens is 488 g/mol. The van der Waals surface area contributed by atoms with Gasteiger partial charge in [-0.25, -0.2) is 4.98 Å². The molecule has 194 valence electrons. The van der Waals surface area contributed by atoms with E-state index in [0.29, 0.717) is 0 Å². The molecule has 2 aliphatic rings. The van der Waals surface area contributed by atoms with Gasteiger partial charge >= 0.3 is 0 Å². The molecule has 14 nitrogen and oxygen atoms in total. The molecule has 37 heavy (non-hydrogen) atoms. The molecule has 1 fully saturated rings. The number of imide groups is 1. The van der Waals surface area contributed by atoms with Gasteiger partial charge in [-0.1, -0.05) is 26.0 Å². The Morgan fingerprint density at radius 3 is 2.35 bits per heavy atom. The number of H-pyrrole nitrogens is 1. The summed E-state index contributed by atoms with van der Waals surface area (Å²) in [4.78, 5) is 63.4. The van der Waals surface area contributed by atoms with Crippen LogP contribution < -0.4 is 10.9 Å². The minimum Gasteiger partial charge on any atom is -0.394 e. The molecule has 0 aliphatic carbocycles. The summed E-state index contributed by atoms with van der Waals surface area (Å²) < 4.78 is 6.69. The fourth-order valence-corrected chi connectivity index (χ4v) is 4.65. The Bertz CT molecular complexity index is 1430. The maximum Gasteiger partial charge on any atom is 0.280 e. The highest BCUT2D eigenvalue weighted by molar-refractivity contribution is 6.23. The number of anilines is 1. The molecule has 1 aromatic carbocycles. The number of imidazole rings is 1. The molecule has 14 heteroatoms. The second-order valence-electron chi connectivity index (χ2n) is 9.17. The van der Waals surface area contributed by atoms with Crippen molar-refractivity contribution in [3.63, 3.8) is 0 Å². The summed E-state index contributed by atoms with van der Waals surface area (Å²) in [5.41, 5.74) is -0.526. The molecule has 0 bridgehead atoms. The lowest BCUT2D eigenvalue weighted by Gasteiger charge is -2.28. The van der Waals surface area contributed by atoms with Crippen molar-refractivity contribution >= 4 is 34.8 Å². The average molecular weight is 512 g/mol. The number of rotatable bonds is 6. The van der Waals surface area contributed by atoms with Gasteiger partial charge in [0.1, 0.15) is 24.4 Å². The maximum absolute atomic E-state index is 13.3. The Hall–Kier alpha value is -3.98. The number of carbonyl (C=O) groups is 3. The van der Waals surface area contributed by atoms with Crippen molar-refractivity contribution in [2.24, 2.45) is 5.92 Å². The number of aromatic amines is 1. The zero-order valence-electron chi connectivity index (χ0n) is 19.7. The van der Waals surface area contributed by atoms with Crippen molar-refractivity contribution in [1.82, 2.24) is 24.4 Å². The first kappa shape index (κ1) is 24.7. The second kappa shape index (κ2) is 9.15. The van der Waals surface area contributed by atoms with Gasteiger partial charge < -0.3 is 20.1 Å². The van der Waals surface area contributed by atoms with Crippen molar-refractivity contribution in [1.29, 1.82) is 0 Å². The van der Waals surface area contributed by atoms with Crippen molar-refractivity contribution < 1.29 is 34.4 Å². The highest BCUT2D eigenvalue weighted by atomic mass is 16.6. The van der Waals surface area contributed by atoms with E-state index >= 15 is 0 Å². The third kappa shape index (κ3) is 3.90. The summed E-state index contributed by atoms with van der Waals surface area (Å²) >= 11 is 0. The largest absolute Gasteiger partial charge is 0.394 e. The monoisotopic (exact) mass is 512 g/mol. The highest BCUT2D eigenvalue weighted by Crippen LogP contribution is 2.31. The molecule has 3 aromatic rings. The summed E-state index contributed by atoms with van der Waals surface area (Å²) in [6.45, 7) is 2.79. The predicted octanol–water partition coefficient (Wildman–Crippen LogP) is -1.01. The summed E-state index contributed by atoms with van der Waals surface area (Å²) in [6.07, 6.45) is -3.94. The van der Waals surface area contributed by atoms with Crippen LogP contribution in [0.2, 0.25) is 0 Å². The Morgan fingerprint density at radius 2 is 1.78 bits per heavy atom. The molecule has 5 rings (SSSR count). The van der Waals surface area contributed by atoms with Gasteiger partial charge in [0, 0.05) is 0 Å². The van der Waals surface area contributed by atoms with Crippen LogP contribution in [0.3, 0.4) is 0 Å². The van der Waals surface area contributed by atoms with Crippen molar-refractivity contribution in [2.45, 2.75) is 44.4 Å². The van der Waals surface area contributed by atoms with Gasteiger partial charge in [0.25, 0.3) is 17.4 Å². The highest BCUT2D eigenvalue weighted by Gasteiger charge is 2.45. The van der Waals surface area contributed by atoms with Crippen molar-refractivity contribution in [3.05, 3.63) is 52.1 Å². The van der Waals surface area contributed by atoms with E-state index in [4.69, 9.17) is 4.74 Å². The summed E-state index contributed by atoms with van der Waals surface area (Å²) in [7, 11) is 0. The molecule has 5 atom stereocenters. The molecule has 4 heterocycles. The summed E-state index contributed by atoms with van der Waals surface area (Å²) in [6, 6.07) is 5.06. The minimum atomic E-state index is -1.45. The number of hydrogen-bond donors (Lipinski definition) is 5. The SMILES string of the molecule is CC(C)[C@H](C(=O)Nc1nc2c(ncn2[C@@H]2O[C@@H](CO)[C@H](O)[C@H]2O)c(=O)[nH]1)N1C(=O)c2ccccc2C1=O. The molecule has 3 amide bonds. The number of fused-ring (bicyclic) bond motifs is 2. The molecule has 2 aromatic heterocycles. The number of amides is 3. The second-order valence-corrected chi connectivity index (χ2v) is 9.17. The molecular formula is C23H24N6O8. The number of aliphatic hydroxyl groups is 3. The van der Waals surface area contributed by atoms with E-state index < -0.39 is 66.4 Å². The van der Waals surface area contributed by atoms with E-state index in [2.05, 4.69) is 20.3 Å². The third-order valence-electron chi connectivity index (χ3n) is 6.47. The third-order valence-corrected chi connectivity index (χ3v) is 6.47. The Kier molecular flexibility index (Phi) is 6.11. The molecule has 1 saturated heterocycles. The van der Waals surface area contributed by atoms with Crippen LogP contribution in [0.5, 0.6) is 0 Å². The first-order valence-corrected chi connectivity index (χ1v) is 11.5. The van der Waals surface area contributed by atoms with Crippen molar-refractivity contribution in [2.75, 3.05) is 11.9 Å². The zero-order valence-corrected chi connectivity index (χ0v) is 19.7. The first-order valence-electron chi connectivity index (χ1n) is 11.5. The van der Waals surface area contributed by atoms with Crippen LogP contribution in [0.4, 0.5) is 5.95 Å². The van der Waals surface area contributed by atoms with Gasteiger partial charge in [-0.3, -0.25) is 38.9 Å². The number of aromatic nitrogens is 4. The summed E-state index contributed by atoms with van der Waals surface area (Å²) in [5, 5.41) is 32.3. The fraction of sp³-hybridized carbons (Fsp3) is 0.391. The van der Waals surface area contributed by atoms with E-state index in [1.54, 1.807) is 26.0 Å². The smallest absolute Gasteiger partial charge is 0.280 e. The lowest BCUT2D eigenvalue weighted by atomic mass is 10.0. The maximum atomic E-state index is 13.3. The first-order chi connectivity index (χ1) is 17.6. The van der Waals surface area contributed by atoms with Gasteiger partial charge in [0.15, 0.2) is 17.4 Å². The van der Waals surface area contributed by atoms with Gasteiger partial charge in [0.2, 0.25) is 11.9 Å². The van der Waals surface area contributed by atoms with Gasteiger partial charge in [-0.05, 0) is 18.1 Å². The van der Waals surface area contributed by atoms with Crippen LogP contribution in [0.15, 0.2) is 35.4 Å². The number of ether oxygens (including phenoxy) is 1. The van der Waals surface area contributed by atoms with Crippen LogP contribution >= 0.6 is 0 Å². The van der Waals surface area contributed by atoms with E-state index in [9.17, 15) is 34.5 Å². The van der Waals surface area contributed by atoms with Crippen LogP contribution in [-0.2, 0) is 9.53 Å². The quantitative estimate of drug-likeness (QED) is 0.255. The Balaban J connectivity index is 1.46. The molecule has 0 saturated carbocycles. The van der Waals surface area contributed by atoms with E-state index in [-0.39, 0.29) is 28.2 Å². The lowest BCUT2D eigenvalue weighted by Crippen LogP contribution is -2.50. The van der Waals surface area contributed by atoms with E-state index in [1.165, 1.54) is 23.0 Å². The van der Waals surface area contributed by atoms with Crippen LogP contribution in [0.25, 0.3) is 11.2 Å². The molecule has 0 spiro atoms. The number of benzene rings is 1. The summed E-state index contributed by atoms with van der Waals surface area (Å²) in [5.74, 6) is -2.74. The topological polar surface area (TPSA) is 200 Å². The molecule has 0 unspecified atom stereocenters. The minimum absolute atomic E-state index is 0.0734. The lowest BCUT2D eigenvalue weighted by molar-refractivity contribution is -0.121. The number of carbonyl (C=O) groups excluding carboxylic acids is 3. The van der Waals surface area contributed by atoms with E-state index in [0.717, 1.165) is 4.90 Å². The Labute approximate surface area is 208 Å². The van der Waals surface area contributed by atoms with Gasteiger partial charge in [0.05, 0.1) is 24.1 Å². The van der Waals surface area contributed by atoms with Crippen molar-refractivity contribution in [3.8, 4) is 0 Å². The number of nitrogens with one attached hydrogen (secondary N) is 2. The number of nitrogens with zero attached hydrogens (tertiary/aromatic N) is 4. The fourth-order valence-electron chi connectivity index (χ4n) is 4.65. The molecule has 5 N–H and O–H groups in total. The zero-order chi connectivity index (χ0) is 26.6. The number of aliphatic hydroxyl groups excluding tert-OH is 3. The standard InChI is InChI=1S/C23H24N6O8/c1-9(2)14(29-20(35)10-5-3-4-6-11(10)21(29)36)19(34)27-23-25-17-13(18(33)26-23)24-8-28(17)22-16(32)15(31)12(7-30)37-22/h3-6,8-9,12,14-16,22,30-32H,7H2,1-2H3,(H2,25,26,27,33,34)/t12-,14+,15-,16+,22+/m0/s1. The van der Waals surface area contributed by atoms with Crippen LogP contribution in [0.1, 0.15) is 40.8 Å². The van der Waals surface area contributed by atoms with Gasteiger partial charge in [-0.15, -0.1) is 0 Å². The normalized spacial score (nSPS) is 24.2. The van der Waals surface area contributed by atoms with E-state index in [1.807, 2.05) is 0 Å². The predicted molar refractivity (Wildman–Crippen MR) is 125 cm³/mol. The Morgan fingerprint density at radius 1 is 1.14 bits per heavy atom. The average Bonchev–Trinajstić information content (AvgIpc) is 3.49. The molecule has 2 aliphatic heterocycles. The van der Waals surface area contributed by atoms with Gasteiger partial charge in [-0.2, -0.15) is 4.98 Å². The van der Waals surface area contributed by atoms with Crippen LogP contribution in [-0.4, -0.2) is 88.4 Å². The molecule has 0 radical (unpaired) electrons. The number of hydrogen-bond acceptors (Lipinski definition) is 10. The van der Waals surface area contributed by atoms with Crippen LogP contribution in [0, 0.1) is 5.92 Å².